The van der Waals surface area contributed by atoms with Crippen LogP contribution in [0.3, 0.4) is 0 Å². The number of halogens is 3. The number of nitrogens with one attached hydrogen (secondary N) is 1. The van der Waals surface area contributed by atoms with Crippen LogP contribution in [0.25, 0.3) is 0 Å². The van der Waals surface area contributed by atoms with Crippen molar-refractivity contribution in [2.45, 2.75) is 11.4 Å². The number of hydrogen-bond acceptors (Lipinski definition) is 7. The number of benzene rings is 2. The quantitative estimate of drug-likeness (QED) is 0.495. The number of aromatic carboxylic acids is 1. The van der Waals surface area contributed by atoms with Gasteiger partial charge in [-0.1, -0.05) is 18.1 Å². The van der Waals surface area contributed by atoms with Crippen molar-refractivity contribution in [3.8, 4) is 23.3 Å². The lowest BCUT2D eigenvalue weighted by atomic mass is 10.2. The fourth-order valence-corrected chi connectivity index (χ4v) is 4.46. The first-order valence-corrected chi connectivity index (χ1v) is 11.1. The van der Waals surface area contributed by atoms with Crippen molar-refractivity contribution in [2.75, 3.05) is 11.8 Å². The molecule has 0 unspecified atom stereocenters. The van der Waals surface area contributed by atoms with Gasteiger partial charge in [-0.15, -0.1) is 24.5 Å². The first-order chi connectivity index (χ1) is 15.5. The number of nitrogens with zero attached hydrogens (tertiary/aromatic N) is 1. The van der Waals surface area contributed by atoms with Crippen LogP contribution in [0.15, 0.2) is 52.9 Å². The van der Waals surface area contributed by atoms with Gasteiger partial charge in [0.25, 0.3) is 10.0 Å². The molecule has 2 aromatic carbocycles. The third kappa shape index (κ3) is 6.15. The first kappa shape index (κ1) is 23.9. The van der Waals surface area contributed by atoms with Gasteiger partial charge in [-0.25, -0.2) is 9.78 Å². The molecule has 8 nitrogen and oxygen atoms in total. The number of carboxylic acid groups (broad SMARTS) is 1. The summed E-state index contributed by atoms with van der Waals surface area (Å²) in [6, 6.07) is 8.81. The second kappa shape index (κ2) is 9.39. The molecule has 0 atom stereocenters. The number of thiazole rings is 1. The molecule has 0 spiro atoms. The van der Waals surface area contributed by atoms with Gasteiger partial charge in [0, 0.05) is 5.38 Å². The highest BCUT2D eigenvalue weighted by Crippen LogP contribution is 2.29. The van der Waals surface area contributed by atoms with E-state index in [1.54, 1.807) is 0 Å². The molecule has 0 aliphatic carbocycles. The van der Waals surface area contributed by atoms with Gasteiger partial charge in [0.2, 0.25) is 0 Å². The minimum absolute atomic E-state index is 0.0126. The second-order valence-corrected chi connectivity index (χ2v) is 8.60. The number of hydrogen-bond donors (Lipinski definition) is 2. The number of rotatable bonds is 6. The van der Waals surface area contributed by atoms with Crippen LogP contribution in [-0.4, -0.2) is 37.9 Å². The van der Waals surface area contributed by atoms with Crippen molar-refractivity contribution in [1.29, 1.82) is 0 Å². The standard InChI is InChI=1S/C20H13F3N2O6S2/c1-30-16-10-13(19(26)27)6-8-14(16)25-33(28,29)18-11-32-17(24-18)9-7-12-4-2-3-5-15(12)31-20(21,22)23/h2-6,8,10-11,25H,1H3,(H,26,27). The van der Waals surface area contributed by atoms with E-state index in [0.717, 1.165) is 23.5 Å². The predicted molar refractivity (Wildman–Crippen MR) is 112 cm³/mol. The maximum absolute atomic E-state index is 12.7. The predicted octanol–water partition coefficient (Wildman–Crippen LogP) is 3.95. The largest absolute Gasteiger partial charge is 0.573 e. The highest BCUT2D eigenvalue weighted by atomic mass is 32.2. The van der Waals surface area contributed by atoms with Crippen molar-refractivity contribution < 1.29 is 41.0 Å². The summed E-state index contributed by atoms with van der Waals surface area (Å²) >= 11 is 0.866. The number of ether oxygens (including phenoxy) is 2. The molecule has 0 amide bonds. The molecule has 0 aliphatic rings. The molecule has 0 saturated heterocycles. The Morgan fingerprint density at radius 1 is 1.15 bits per heavy atom. The third-order valence-electron chi connectivity index (χ3n) is 3.87. The number of sulfonamides is 1. The summed E-state index contributed by atoms with van der Waals surface area (Å²) in [5.74, 6) is 3.26. The summed E-state index contributed by atoms with van der Waals surface area (Å²) < 4.78 is 74.1. The Hall–Kier alpha value is -3.76. The molecule has 3 rings (SSSR count). The van der Waals surface area contributed by atoms with Gasteiger partial charge in [0.05, 0.1) is 23.9 Å². The third-order valence-corrected chi connectivity index (χ3v) is 6.02. The Labute approximate surface area is 189 Å². The summed E-state index contributed by atoms with van der Waals surface area (Å²) in [5, 5.41) is 9.88. The smallest absolute Gasteiger partial charge is 0.495 e. The van der Waals surface area contributed by atoms with Crippen LogP contribution < -0.4 is 14.2 Å². The Bertz CT molecular complexity index is 1360. The molecule has 0 fully saturated rings. The van der Waals surface area contributed by atoms with Crippen LogP contribution in [0.2, 0.25) is 0 Å². The Kier molecular flexibility index (Phi) is 6.80. The van der Waals surface area contributed by atoms with Gasteiger partial charge >= 0.3 is 12.3 Å². The summed E-state index contributed by atoms with van der Waals surface area (Å²) in [4.78, 5) is 15.0. The number of anilines is 1. The van der Waals surface area contributed by atoms with E-state index in [4.69, 9.17) is 9.84 Å². The normalized spacial score (nSPS) is 11.3. The molecule has 0 bridgehead atoms. The zero-order valence-electron chi connectivity index (χ0n) is 16.5. The fraction of sp³-hybridized carbons (Fsp3) is 0.100. The maximum atomic E-state index is 12.7. The number of carboxylic acids is 1. The van der Waals surface area contributed by atoms with E-state index in [1.807, 2.05) is 0 Å². The summed E-state index contributed by atoms with van der Waals surface area (Å²) in [6.07, 6.45) is -4.89. The van der Waals surface area contributed by atoms with Crippen LogP contribution in [-0.2, 0) is 10.0 Å². The van der Waals surface area contributed by atoms with Crippen LogP contribution in [0.4, 0.5) is 18.9 Å². The van der Waals surface area contributed by atoms with Crippen LogP contribution in [0.1, 0.15) is 20.9 Å². The average molecular weight is 498 g/mol. The Morgan fingerprint density at radius 3 is 2.55 bits per heavy atom. The van der Waals surface area contributed by atoms with E-state index >= 15 is 0 Å². The van der Waals surface area contributed by atoms with Crippen molar-refractivity contribution in [3.63, 3.8) is 0 Å². The number of carbonyl (C=O) groups is 1. The first-order valence-electron chi connectivity index (χ1n) is 8.75. The van der Waals surface area contributed by atoms with Crippen molar-refractivity contribution >= 4 is 33.0 Å². The van der Waals surface area contributed by atoms with Gasteiger partial charge < -0.3 is 14.6 Å². The fourth-order valence-electron chi connectivity index (χ4n) is 2.45. The van der Waals surface area contributed by atoms with E-state index in [9.17, 15) is 26.4 Å². The summed E-state index contributed by atoms with van der Waals surface area (Å²) in [5.41, 5.74) is -0.173. The molecule has 172 valence electrons. The van der Waals surface area contributed by atoms with E-state index in [1.165, 1.54) is 42.8 Å². The van der Waals surface area contributed by atoms with E-state index in [-0.39, 0.29) is 32.6 Å². The molecule has 2 N–H and O–H groups in total. The number of methoxy groups -OCH3 is 1. The summed E-state index contributed by atoms with van der Waals surface area (Å²) in [7, 11) is -2.95. The van der Waals surface area contributed by atoms with Crippen molar-refractivity contribution in [2.24, 2.45) is 0 Å². The average Bonchev–Trinajstić information content (AvgIpc) is 3.22. The van der Waals surface area contributed by atoms with Crippen molar-refractivity contribution in [3.05, 3.63) is 64.0 Å². The minimum atomic E-state index is -4.89. The second-order valence-electron chi connectivity index (χ2n) is 6.11. The van der Waals surface area contributed by atoms with Gasteiger partial charge in [-0.2, -0.15) is 8.42 Å². The molecule has 0 aliphatic heterocycles. The number of aromatic nitrogens is 1. The lowest BCUT2D eigenvalue weighted by Gasteiger charge is -2.11. The molecule has 33 heavy (non-hydrogen) atoms. The van der Waals surface area contributed by atoms with Crippen LogP contribution >= 0.6 is 11.3 Å². The minimum Gasteiger partial charge on any atom is -0.495 e. The molecule has 0 saturated carbocycles. The maximum Gasteiger partial charge on any atom is 0.573 e. The molecular weight excluding hydrogens is 485 g/mol. The van der Waals surface area contributed by atoms with Crippen LogP contribution in [0, 0.1) is 11.8 Å². The van der Waals surface area contributed by atoms with E-state index in [0.29, 0.717) is 0 Å². The van der Waals surface area contributed by atoms with E-state index < -0.39 is 28.1 Å². The zero-order valence-corrected chi connectivity index (χ0v) is 18.1. The lowest BCUT2D eigenvalue weighted by Crippen LogP contribution is -2.17. The van der Waals surface area contributed by atoms with Gasteiger partial charge in [0.15, 0.2) is 10.0 Å². The summed E-state index contributed by atoms with van der Waals surface area (Å²) in [6.45, 7) is 0. The monoisotopic (exact) mass is 498 g/mol. The van der Waals surface area contributed by atoms with Crippen LogP contribution in [0.5, 0.6) is 11.5 Å². The SMILES string of the molecule is COc1cc(C(=O)O)ccc1NS(=O)(=O)c1csc(C#Cc2ccccc2OC(F)(F)F)n1. The molecule has 0 radical (unpaired) electrons. The topological polar surface area (TPSA) is 115 Å². The highest BCUT2D eigenvalue weighted by Gasteiger charge is 2.31. The van der Waals surface area contributed by atoms with Gasteiger partial charge in [0.1, 0.15) is 11.5 Å². The highest BCUT2D eigenvalue weighted by molar-refractivity contribution is 7.92. The zero-order chi connectivity index (χ0) is 24.2. The molecule has 1 heterocycles. The number of para-hydroxylation sites is 1. The Balaban J connectivity index is 1.84. The van der Waals surface area contributed by atoms with Gasteiger partial charge in [-0.3, -0.25) is 4.72 Å². The van der Waals surface area contributed by atoms with Crippen molar-refractivity contribution in [1.82, 2.24) is 4.98 Å². The number of alkyl halides is 3. The molecule has 1 aromatic heterocycles. The van der Waals surface area contributed by atoms with E-state index in [2.05, 4.69) is 26.3 Å². The van der Waals surface area contributed by atoms with Gasteiger partial charge in [-0.05, 0) is 36.3 Å². The Morgan fingerprint density at radius 2 is 1.88 bits per heavy atom. The molecular formula is C20H13F3N2O6S2. The lowest BCUT2D eigenvalue weighted by molar-refractivity contribution is -0.274. The molecule has 3 aromatic rings. The molecule has 13 heteroatoms.